The first-order chi connectivity index (χ1) is 39.9. The van der Waals surface area contributed by atoms with E-state index in [0.29, 0.717) is 19.3 Å². The number of carbonyl (C=O) groups excluding carboxylic acids is 2. The lowest BCUT2D eigenvalue weighted by atomic mass is 9.88. The van der Waals surface area contributed by atoms with Crippen molar-refractivity contribution in [2.45, 2.75) is 310 Å². The highest BCUT2D eigenvalue weighted by Gasteiger charge is 2.60. The van der Waals surface area contributed by atoms with Gasteiger partial charge in [0.2, 0.25) is 11.8 Å². The number of amides is 2. The molecule has 2 amide bonds. The maximum atomic E-state index is 13.3. The van der Waals surface area contributed by atoms with Crippen LogP contribution in [-0.2, 0) is 42.8 Å². The minimum absolute atomic E-state index is 0.117. The van der Waals surface area contributed by atoms with Crippen molar-refractivity contribution in [2.24, 2.45) is 0 Å². The molecule has 3 aliphatic rings. The summed E-state index contributed by atoms with van der Waals surface area (Å²) in [6, 6.07) is -2.56. The summed E-state index contributed by atoms with van der Waals surface area (Å²) in [5.74, 6) is -6.18. The Labute approximate surface area is 492 Å². The van der Waals surface area contributed by atoms with E-state index >= 15 is 0 Å². The largest absolute Gasteiger partial charge is 0.477 e. The number of hydrogen-bond donors (Lipinski definition) is 14. The molecular weight excluding hydrogens is 1080 g/mol. The van der Waals surface area contributed by atoms with Crippen LogP contribution in [0.3, 0.4) is 0 Å². The van der Waals surface area contributed by atoms with Crippen molar-refractivity contribution >= 4 is 17.8 Å². The molecule has 0 radical (unpaired) electrons. The second kappa shape index (κ2) is 42.2. The van der Waals surface area contributed by atoms with Crippen molar-refractivity contribution in [1.82, 2.24) is 10.6 Å². The van der Waals surface area contributed by atoms with E-state index < -0.39 is 155 Å². The van der Waals surface area contributed by atoms with Crippen molar-refractivity contribution in [1.29, 1.82) is 0 Å². The summed E-state index contributed by atoms with van der Waals surface area (Å²) in [7, 11) is 0. The van der Waals surface area contributed by atoms with Gasteiger partial charge in [-0.25, -0.2) is 4.79 Å². The van der Waals surface area contributed by atoms with E-state index in [1.165, 1.54) is 103 Å². The Morgan fingerprint density at radius 1 is 0.627 bits per heavy atom. The summed E-state index contributed by atoms with van der Waals surface area (Å²) in [5.41, 5.74) is 0. The number of hydrogen-bond acceptors (Lipinski definition) is 20. The topological polar surface area (TPSA) is 373 Å². The average molecular weight is 1190 g/mol. The van der Waals surface area contributed by atoms with E-state index in [0.717, 1.165) is 51.9 Å². The number of unbranched alkanes of at least 4 members (excludes halogenated alkanes) is 21. The Kier molecular flexibility index (Phi) is 37.8. The maximum absolute atomic E-state index is 13.3. The number of ether oxygens (including phenoxy) is 6. The number of allylic oxidation sites excluding steroid dienone is 4. The zero-order valence-electron chi connectivity index (χ0n) is 49.8. The molecule has 0 aromatic rings. The molecule has 484 valence electrons. The number of carboxylic acids is 1. The molecule has 0 saturated carbocycles. The zero-order chi connectivity index (χ0) is 61.2. The summed E-state index contributed by atoms with van der Waals surface area (Å²) < 4.78 is 34.7. The van der Waals surface area contributed by atoms with Crippen LogP contribution in [0, 0.1) is 0 Å². The van der Waals surface area contributed by atoms with Gasteiger partial charge in [0, 0.05) is 19.8 Å². The summed E-state index contributed by atoms with van der Waals surface area (Å²) >= 11 is 0. The van der Waals surface area contributed by atoms with E-state index in [2.05, 4.69) is 36.6 Å². The zero-order valence-corrected chi connectivity index (χ0v) is 49.8. The van der Waals surface area contributed by atoms with Crippen LogP contribution in [0.5, 0.6) is 0 Å². The first-order valence-corrected chi connectivity index (χ1v) is 31.2. The molecular formula is C60H108N2O21. The fraction of sp³-hybridized carbons (Fsp3) is 0.883. The molecule has 0 aromatic carbocycles. The van der Waals surface area contributed by atoms with E-state index in [1.54, 1.807) is 0 Å². The van der Waals surface area contributed by atoms with Gasteiger partial charge in [0.05, 0.1) is 50.7 Å². The molecule has 18 unspecified atom stereocenters. The van der Waals surface area contributed by atoms with Crippen molar-refractivity contribution in [3.05, 3.63) is 24.3 Å². The molecule has 83 heavy (non-hydrogen) atoms. The molecule has 0 aliphatic carbocycles. The van der Waals surface area contributed by atoms with Crippen LogP contribution < -0.4 is 10.6 Å². The minimum Gasteiger partial charge on any atom is -0.477 e. The molecule has 3 rings (SSSR count). The van der Waals surface area contributed by atoms with Gasteiger partial charge >= 0.3 is 5.97 Å². The fourth-order valence-corrected chi connectivity index (χ4v) is 10.9. The molecule has 23 heteroatoms. The van der Waals surface area contributed by atoms with Gasteiger partial charge in [0.1, 0.15) is 67.1 Å². The Morgan fingerprint density at radius 3 is 1.69 bits per heavy atom. The number of rotatable bonds is 45. The molecule has 14 N–H and O–H groups in total. The molecule has 3 heterocycles. The van der Waals surface area contributed by atoms with Gasteiger partial charge < -0.3 is 100 Å². The third-order valence-corrected chi connectivity index (χ3v) is 15.9. The van der Waals surface area contributed by atoms with Gasteiger partial charge in [-0.2, -0.15) is 0 Å². The molecule has 0 spiro atoms. The molecule has 23 nitrogen and oxygen atoms in total. The third-order valence-electron chi connectivity index (χ3n) is 15.9. The summed E-state index contributed by atoms with van der Waals surface area (Å²) in [6.45, 7) is 2.12. The monoisotopic (exact) mass is 1190 g/mol. The van der Waals surface area contributed by atoms with Crippen LogP contribution in [0.25, 0.3) is 0 Å². The summed E-state index contributed by atoms with van der Waals surface area (Å²) in [6.07, 6.45) is 7.92. The SMILES string of the molecule is CCCCCCCC/C=C\C/C=C\CCC(=O)NC(COC1OC(CO)C(OC2OC(CO)C(O)C(OC3(C(=O)O)CC(O)C(NC(C)=O)C(C(O)C(O)CO)O3)C2O)C(O)C1O)C(O)CCCCCCCCCCCCCCCCCC. The number of nitrogens with one attached hydrogen (secondary N) is 2. The van der Waals surface area contributed by atoms with Crippen molar-refractivity contribution in [2.75, 3.05) is 26.4 Å². The lowest BCUT2D eigenvalue weighted by molar-refractivity contribution is -0.386. The standard InChI is InChI=1S/C60H108N2O21/c1-4-6-8-10-12-14-16-18-19-20-22-23-25-27-29-31-33-42(67)41(62-47(70)34-32-30-28-26-24-21-17-15-13-11-9-7-5-2)39-78-57-52(74)51(73)54(46(38-65)80-57)81-58-53(75)56(50(72)45(37-64)79-58)83-60(59(76)77)35-43(68)48(61-40(3)66)55(82-60)49(71)44(69)36-63/h21,24,28,30,41-46,48-58,63-65,67-69,71-75H,4-20,22-23,25-27,29,31-39H2,1-3H3,(H,61,66)(H,62,70)(H,76,77)/b24-21-,30-28-. The fourth-order valence-electron chi connectivity index (χ4n) is 10.9. The second-order valence-electron chi connectivity index (χ2n) is 22.9. The number of aliphatic hydroxyl groups excluding tert-OH is 11. The number of carboxylic acid groups (broad SMARTS) is 1. The first kappa shape index (κ1) is 74.5. The molecule has 3 fully saturated rings. The number of aliphatic hydroxyl groups is 11. The Morgan fingerprint density at radius 2 is 1.16 bits per heavy atom. The Bertz CT molecular complexity index is 1800. The average Bonchev–Trinajstić information content (AvgIpc) is 2.31. The number of carbonyl (C=O) groups is 3. The van der Waals surface area contributed by atoms with Gasteiger partial charge in [-0.3, -0.25) is 9.59 Å². The predicted octanol–water partition coefficient (Wildman–Crippen LogP) is 3.33. The first-order valence-electron chi connectivity index (χ1n) is 31.2. The van der Waals surface area contributed by atoms with Crippen LogP contribution in [0.1, 0.15) is 201 Å². The van der Waals surface area contributed by atoms with Crippen molar-refractivity contribution in [3.63, 3.8) is 0 Å². The molecule has 3 saturated heterocycles. The van der Waals surface area contributed by atoms with Crippen molar-refractivity contribution in [3.8, 4) is 0 Å². The van der Waals surface area contributed by atoms with Crippen LogP contribution in [0.15, 0.2) is 24.3 Å². The lowest BCUT2D eigenvalue weighted by Gasteiger charge is -2.50. The summed E-state index contributed by atoms with van der Waals surface area (Å²) in [4.78, 5) is 38.4. The smallest absolute Gasteiger partial charge is 0.364 e. The normalized spacial score (nSPS) is 30.1. The van der Waals surface area contributed by atoms with Crippen LogP contribution in [0.2, 0.25) is 0 Å². The lowest BCUT2D eigenvalue weighted by Crippen LogP contribution is -2.70. The quantitative estimate of drug-likeness (QED) is 0.0307. The highest BCUT2D eigenvalue weighted by atomic mass is 16.8. The Hall–Kier alpha value is -2.79. The van der Waals surface area contributed by atoms with Crippen molar-refractivity contribution < 1.29 is 104 Å². The van der Waals surface area contributed by atoms with E-state index in [-0.39, 0.29) is 12.3 Å². The molecule has 0 bridgehead atoms. The van der Waals surface area contributed by atoms with Gasteiger partial charge in [0.15, 0.2) is 12.6 Å². The Balaban J connectivity index is 1.67. The number of aliphatic carboxylic acids is 1. The van der Waals surface area contributed by atoms with E-state index in [1.807, 2.05) is 12.2 Å². The molecule has 3 aliphatic heterocycles. The summed E-state index contributed by atoms with van der Waals surface area (Å²) in [5, 5.41) is 136. The second-order valence-corrected chi connectivity index (χ2v) is 22.9. The van der Waals surface area contributed by atoms with Crippen LogP contribution >= 0.6 is 0 Å². The highest BCUT2D eigenvalue weighted by molar-refractivity contribution is 5.77. The van der Waals surface area contributed by atoms with Gasteiger partial charge in [-0.15, -0.1) is 0 Å². The van der Waals surface area contributed by atoms with E-state index in [4.69, 9.17) is 28.4 Å². The minimum atomic E-state index is -3.08. The van der Waals surface area contributed by atoms with E-state index in [9.17, 15) is 75.7 Å². The molecule has 0 aromatic heterocycles. The van der Waals surface area contributed by atoms with Gasteiger partial charge in [-0.1, -0.05) is 173 Å². The van der Waals surface area contributed by atoms with Crippen LogP contribution in [-0.4, -0.2) is 215 Å². The van der Waals surface area contributed by atoms with Gasteiger partial charge in [0.25, 0.3) is 5.79 Å². The molecule has 18 atom stereocenters. The maximum Gasteiger partial charge on any atom is 0.364 e. The van der Waals surface area contributed by atoms with Gasteiger partial charge in [-0.05, 0) is 32.1 Å². The third kappa shape index (κ3) is 26.2. The highest BCUT2D eigenvalue weighted by Crippen LogP contribution is 2.38. The predicted molar refractivity (Wildman–Crippen MR) is 306 cm³/mol. The van der Waals surface area contributed by atoms with Crippen LogP contribution in [0.4, 0.5) is 0 Å².